The van der Waals surface area contributed by atoms with Crippen molar-refractivity contribution < 1.29 is 14.3 Å². The number of fused-ring (bicyclic) bond motifs is 1. The molecule has 2 amide bonds. The number of aromatic nitrogens is 1. The fraction of sp³-hybridized carbons (Fsp3) is 0.667. The first kappa shape index (κ1) is 20.4. The Morgan fingerprint density at radius 1 is 1.29 bits per heavy atom. The Morgan fingerprint density at radius 3 is 2.61 bits per heavy atom. The van der Waals surface area contributed by atoms with Crippen LogP contribution in [0.2, 0.25) is 0 Å². The Kier molecular flexibility index (Phi) is 5.82. The Bertz CT molecular complexity index is 751. The van der Waals surface area contributed by atoms with Gasteiger partial charge in [0.15, 0.2) is 0 Å². The Morgan fingerprint density at radius 2 is 1.96 bits per heavy atom. The van der Waals surface area contributed by atoms with E-state index in [1.54, 1.807) is 7.05 Å². The summed E-state index contributed by atoms with van der Waals surface area (Å²) in [6.07, 6.45) is 4.70. The first-order valence-corrected chi connectivity index (χ1v) is 10.1. The minimum absolute atomic E-state index is 0.0749. The third-order valence-corrected chi connectivity index (χ3v) is 5.36. The van der Waals surface area contributed by atoms with Gasteiger partial charge in [-0.05, 0) is 45.6 Å². The molecule has 0 radical (unpaired) electrons. The molecule has 0 unspecified atom stereocenters. The van der Waals surface area contributed by atoms with Crippen LogP contribution in [0.15, 0.2) is 6.07 Å². The van der Waals surface area contributed by atoms with E-state index in [1.807, 2.05) is 33.9 Å². The van der Waals surface area contributed by atoms with Gasteiger partial charge in [-0.25, -0.2) is 9.78 Å². The molecule has 0 spiro atoms. The van der Waals surface area contributed by atoms with Crippen LogP contribution in [0.5, 0.6) is 0 Å². The molecule has 7 nitrogen and oxygen atoms in total. The number of nitrogens with zero attached hydrogens (tertiary/aromatic N) is 3. The van der Waals surface area contributed by atoms with E-state index in [1.165, 1.54) is 30.6 Å². The summed E-state index contributed by atoms with van der Waals surface area (Å²) in [6.45, 7) is 7.22. The first-order chi connectivity index (χ1) is 13.1. The number of rotatable bonds is 5. The average molecular weight is 389 g/mol. The van der Waals surface area contributed by atoms with Crippen LogP contribution in [0.4, 0.5) is 10.6 Å². The summed E-state index contributed by atoms with van der Waals surface area (Å²) in [4.78, 5) is 33.1. The van der Waals surface area contributed by atoms with Gasteiger partial charge < -0.3 is 19.9 Å². The highest BCUT2D eigenvalue weighted by Crippen LogP contribution is 2.29. The molecule has 0 bridgehead atoms. The largest absolute Gasteiger partial charge is 0.444 e. The Labute approximate surface area is 167 Å². The lowest BCUT2D eigenvalue weighted by molar-refractivity contribution is 0.0282. The highest BCUT2D eigenvalue weighted by atomic mass is 16.6. The molecule has 1 aliphatic heterocycles. The molecular formula is C21H32N4O3. The molecule has 0 aromatic carbocycles. The molecule has 2 aliphatic rings. The predicted molar refractivity (Wildman–Crippen MR) is 108 cm³/mol. The maximum atomic E-state index is 12.4. The fourth-order valence-electron chi connectivity index (χ4n) is 3.90. The van der Waals surface area contributed by atoms with Gasteiger partial charge in [0.25, 0.3) is 5.91 Å². The third kappa shape index (κ3) is 4.75. The second kappa shape index (κ2) is 7.97. The molecule has 0 atom stereocenters. The lowest BCUT2D eigenvalue weighted by Crippen LogP contribution is -2.34. The van der Waals surface area contributed by atoms with Crippen molar-refractivity contribution in [3.63, 3.8) is 0 Å². The number of carbonyl (C=O) groups excluding carboxylic acids is 2. The normalized spacial score (nSPS) is 16.7. The number of anilines is 1. The number of hydrogen-bond donors (Lipinski definition) is 1. The first-order valence-electron chi connectivity index (χ1n) is 10.1. The van der Waals surface area contributed by atoms with E-state index in [-0.39, 0.29) is 5.91 Å². The third-order valence-electron chi connectivity index (χ3n) is 5.36. The minimum Gasteiger partial charge on any atom is -0.444 e. The van der Waals surface area contributed by atoms with Gasteiger partial charge in [0, 0.05) is 38.3 Å². The van der Waals surface area contributed by atoms with Gasteiger partial charge in [-0.15, -0.1) is 0 Å². The van der Waals surface area contributed by atoms with E-state index < -0.39 is 11.7 Å². The fourth-order valence-corrected chi connectivity index (χ4v) is 3.90. The number of amides is 2. The number of ether oxygens (including phenoxy) is 1. The van der Waals surface area contributed by atoms with Crippen LogP contribution in [0, 0.1) is 5.92 Å². The number of pyridine rings is 1. The standard InChI is InChI=1S/C21H32N4O3/c1-21(2,3)28-20(27)25(5)13-17-16-11-22-19(26)15(16)10-18(23-17)24(4)12-14-8-6-7-9-14/h10,14H,6-9,11-13H2,1-5H3,(H,22,26). The molecule has 0 saturated heterocycles. The highest BCUT2D eigenvalue weighted by molar-refractivity contribution is 5.99. The molecular weight excluding hydrogens is 356 g/mol. The van der Waals surface area contributed by atoms with Crippen molar-refractivity contribution in [1.29, 1.82) is 0 Å². The van der Waals surface area contributed by atoms with Crippen LogP contribution in [0.1, 0.15) is 68.1 Å². The molecule has 1 aliphatic carbocycles. The maximum absolute atomic E-state index is 12.4. The molecule has 1 aromatic rings. The molecule has 3 rings (SSSR count). The van der Waals surface area contributed by atoms with Crippen molar-refractivity contribution in [2.45, 2.75) is 65.1 Å². The molecule has 1 saturated carbocycles. The highest BCUT2D eigenvalue weighted by Gasteiger charge is 2.28. The monoisotopic (exact) mass is 388 g/mol. The number of hydrogen-bond acceptors (Lipinski definition) is 5. The molecule has 28 heavy (non-hydrogen) atoms. The van der Waals surface area contributed by atoms with Gasteiger partial charge in [0.1, 0.15) is 11.4 Å². The summed E-state index contributed by atoms with van der Waals surface area (Å²) in [5.41, 5.74) is 1.73. The van der Waals surface area contributed by atoms with Crippen molar-refractivity contribution in [1.82, 2.24) is 15.2 Å². The van der Waals surface area contributed by atoms with E-state index in [0.717, 1.165) is 23.6 Å². The van der Waals surface area contributed by atoms with Gasteiger partial charge >= 0.3 is 6.09 Å². The van der Waals surface area contributed by atoms with Crippen LogP contribution in [-0.4, -0.2) is 48.1 Å². The van der Waals surface area contributed by atoms with Gasteiger partial charge in [-0.3, -0.25) is 4.79 Å². The zero-order valence-electron chi connectivity index (χ0n) is 17.7. The summed E-state index contributed by atoms with van der Waals surface area (Å²) < 4.78 is 5.44. The Balaban J connectivity index is 1.81. The zero-order chi connectivity index (χ0) is 20.5. The smallest absolute Gasteiger partial charge is 0.410 e. The Hall–Kier alpha value is -2.31. The van der Waals surface area contributed by atoms with Gasteiger partial charge in [0.2, 0.25) is 0 Å². The SMILES string of the molecule is CN(Cc1nc(N(C)CC2CCCC2)cc2c1CNC2=O)C(=O)OC(C)(C)C. The maximum Gasteiger partial charge on any atom is 0.410 e. The predicted octanol–water partition coefficient (Wildman–Crippen LogP) is 3.32. The van der Waals surface area contributed by atoms with Gasteiger partial charge in [0.05, 0.1) is 12.2 Å². The summed E-state index contributed by atoms with van der Waals surface area (Å²) >= 11 is 0. The summed E-state index contributed by atoms with van der Waals surface area (Å²) in [5, 5.41) is 2.87. The number of nitrogens with one attached hydrogen (secondary N) is 1. The molecule has 2 heterocycles. The van der Waals surface area contributed by atoms with E-state index in [2.05, 4.69) is 10.2 Å². The van der Waals surface area contributed by atoms with Crippen LogP contribution in [0.25, 0.3) is 0 Å². The topological polar surface area (TPSA) is 74.8 Å². The van der Waals surface area contributed by atoms with Crippen LogP contribution < -0.4 is 10.2 Å². The lowest BCUT2D eigenvalue weighted by Gasteiger charge is -2.26. The lowest BCUT2D eigenvalue weighted by atomic mass is 10.1. The van der Waals surface area contributed by atoms with Crippen molar-refractivity contribution >= 4 is 17.8 Å². The van der Waals surface area contributed by atoms with E-state index in [4.69, 9.17) is 9.72 Å². The second-order valence-electron chi connectivity index (χ2n) is 9.00. The van der Waals surface area contributed by atoms with Crippen molar-refractivity contribution in [3.8, 4) is 0 Å². The minimum atomic E-state index is -0.554. The molecule has 1 aromatic heterocycles. The molecule has 1 N–H and O–H groups in total. The van der Waals surface area contributed by atoms with Gasteiger partial charge in [-0.2, -0.15) is 0 Å². The summed E-state index contributed by atoms with van der Waals surface area (Å²) in [7, 11) is 3.72. The van der Waals surface area contributed by atoms with Crippen molar-refractivity contribution in [2.24, 2.45) is 5.92 Å². The molecule has 1 fully saturated rings. The second-order valence-corrected chi connectivity index (χ2v) is 9.00. The van der Waals surface area contributed by atoms with Gasteiger partial charge in [-0.1, -0.05) is 12.8 Å². The van der Waals surface area contributed by atoms with E-state index in [0.29, 0.717) is 24.6 Å². The molecule has 154 valence electrons. The zero-order valence-corrected chi connectivity index (χ0v) is 17.7. The number of carbonyl (C=O) groups is 2. The van der Waals surface area contributed by atoms with Crippen molar-refractivity contribution in [2.75, 3.05) is 25.5 Å². The van der Waals surface area contributed by atoms with Crippen LogP contribution >= 0.6 is 0 Å². The quantitative estimate of drug-likeness (QED) is 0.837. The van der Waals surface area contributed by atoms with E-state index in [9.17, 15) is 9.59 Å². The van der Waals surface area contributed by atoms with Crippen molar-refractivity contribution in [3.05, 3.63) is 22.9 Å². The van der Waals surface area contributed by atoms with Crippen LogP contribution in [-0.2, 0) is 17.8 Å². The summed E-state index contributed by atoms with van der Waals surface area (Å²) in [5.74, 6) is 1.39. The van der Waals surface area contributed by atoms with Crippen LogP contribution in [0.3, 0.4) is 0 Å². The van der Waals surface area contributed by atoms with E-state index >= 15 is 0 Å². The summed E-state index contributed by atoms with van der Waals surface area (Å²) in [6, 6.07) is 1.88. The molecule has 7 heteroatoms. The average Bonchev–Trinajstić information content (AvgIpc) is 3.23.